The molecule has 1 N–H and O–H groups in total. The van der Waals surface area contributed by atoms with Crippen LogP contribution >= 0.6 is 0 Å². The molecule has 0 bridgehead atoms. The second-order valence-electron chi connectivity index (χ2n) is 6.60. The van der Waals surface area contributed by atoms with Crippen LogP contribution in [0.3, 0.4) is 0 Å². The van der Waals surface area contributed by atoms with Gasteiger partial charge in [0, 0.05) is 0 Å². The highest BCUT2D eigenvalue weighted by atomic mass is 16.3. The lowest BCUT2D eigenvalue weighted by Gasteiger charge is -2.08. The number of rotatable bonds is 14. The molecule has 0 aromatic rings. The molecule has 19 heavy (non-hydrogen) atoms. The average molecular weight is 271 g/mol. The van der Waals surface area contributed by atoms with Gasteiger partial charge in [-0.1, -0.05) is 91.4 Å². The summed E-state index contributed by atoms with van der Waals surface area (Å²) in [5.41, 5.74) is 0. The van der Waals surface area contributed by atoms with E-state index in [2.05, 4.69) is 20.8 Å². The number of hydrogen-bond donors (Lipinski definition) is 1. The minimum Gasteiger partial charge on any atom is -0.393 e. The molecule has 0 radical (unpaired) electrons. The molecule has 0 aromatic carbocycles. The van der Waals surface area contributed by atoms with Crippen molar-refractivity contribution in [1.82, 2.24) is 0 Å². The summed E-state index contributed by atoms with van der Waals surface area (Å²) in [6.07, 6.45) is 16.9. The maximum absolute atomic E-state index is 9.61. The third-order valence-corrected chi connectivity index (χ3v) is 3.94. The van der Waals surface area contributed by atoms with Crippen molar-refractivity contribution in [2.75, 3.05) is 0 Å². The second-order valence-corrected chi connectivity index (χ2v) is 6.60. The van der Waals surface area contributed by atoms with Crippen molar-refractivity contribution in [2.45, 2.75) is 110 Å². The van der Waals surface area contributed by atoms with Crippen LogP contribution in [0.1, 0.15) is 104 Å². The Morgan fingerprint density at radius 1 is 0.632 bits per heavy atom. The van der Waals surface area contributed by atoms with Crippen LogP contribution in [-0.4, -0.2) is 11.2 Å². The Hall–Kier alpha value is -0.0400. The van der Waals surface area contributed by atoms with Gasteiger partial charge < -0.3 is 5.11 Å². The number of unbranched alkanes of at least 4 members (excludes halogenated alkanes) is 8. The van der Waals surface area contributed by atoms with Gasteiger partial charge in [-0.15, -0.1) is 0 Å². The summed E-state index contributed by atoms with van der Waals surface area (Å²) >= 11 is 0. The molecular formula is C18H38O. The van der Waals surface area contributed by atoms with Crippen LogP contribution < -0.4 is 0 Å². The van der Waals surface area contributed by atoms with Crippen molar-refractivity contribution in [1.29, 1.82) is 0 Å². The van der Waals surface area contributed by atoms with E-state index in [1.54, 1.807) is 0 Å². The lowest BCUT2D eigenvalue weighted by Crippen LogP contribution is -2.04. The molecular weight excluding hydrogens is 232 g/mol. The lowest BCUT2D eigenvalue weighted by molar-refractivity contribution is 0.150. The van der Waals surface area contributed by atoms with Crippen LogP contribution in [0.25, 0.3) is 0 Å². The summed E-state index contributed by atoms with van der Waals surface area (Å²) in [6.45, 7) is 6.78. The maximum atomic E-state index is 9.61. The Balaban J connectivity index is 3.03. The molecule has 0 aromatic heterocycles. The van der Waals surface area contributed by atoms with E-state index < -0.39 is 0 Å². The van der Waals surface area contributed by atoms with Crippen LogP contribution in [0, 0.1) is 5.92 Å². The molecule has 0 saturated heterocycles. The minimum absolute atomic E-state index is 0.0362. The summed E-state index contributed by atoms with van der Waals surface area (Å²) in [6, 6.07) is 0. The van der Waals surface area contributed by atoms with E-state index in [-0.39, 0.29) is 6.10 Å². The summed E-state index contributed by atoms with van der Waals surface area (Å²) in [5.74, 6) is 0.878. The molecule has 0 fully saturated rings. The standard InChI is InChI=1S/C18H38O/c1-4-14-18(19)16-13-11-9-7-5-6-8-10-12-15-17(2)3/h17-19H,4-16H2,1-3H3. The van der Waals surface area contributed by atoms with Gasteiger partial charge >= 0.3 is 0 Å². The Kier molecular flexibility index (Phi) is 14.3. The van der Waals surface area contributed by atoms with Gasteiger partial charge in [-0.3, -0.25) is 0 Å². The van der Waals surface area contributed by atoms with Gasteiger partial charge in [0.05, 0.1) is 6.10 Å². The molecule has 0 amide bonds. The quantitative estimate of drug-likeness (QED) is 0.378. The fourth-order valence-electron chi connectivity index (χ4n) is 2.65. The molecule has 0 aliphatic carbocycles. The van der Waals surface area contributed by atoms with Crippen molar-refractivity contribution < 1.29 is 5.11 Å². The largest absolute Gasteiger partial charge is 0.393 e. The lowest BCUT2D eigenvalue weighted by atomic mass is 10.0. The highest BCUT2D eigenvalue weighted by Crippen LogP contribution is 2.14. The molecule has 0 aliphatic heterocycles. The Labute approximate surface area is 122 Å². The first-order chi connectivity index (χ1) is 9.16. The highest BCUT2D eigenvalue weighted by molar-refractivity contribution is 4.55. The molecule has 1 unspecified atom stereocenters. The molecule has 0 aliphatic rings. The monoisotopic (exact) mass is 270 g/mol. The van der Waals surface area contributed by atoms with Crippen LogP contribution in [0.5, 0.6) is 0 Å². The first kappa shape index (κ1) is 19.0. The van der Waals surface area contributed by atoms with Crippen LogP contribution in [0.2, 0.25) is 0 Å². The van der Waals surface area contributed by atoms with Crippen molar-refractivity contribution in [3.8, 4) is 0 Å². The maximum Gasteiger partial charge on any atom is 0.0540 e. The summed E-state index contributed by atoms with van der Waals surface area (Å²) in [5, 5.41) is 9.61. The van der Waals surface area contributed by atoms with E-state index in [1.807, 2.05) is 0 Å². The predicted octanol–water partition coefficient (Wildman–Crippen LogP) is 6.09. The van der Waals surface area contributed by atoms with Gasteiger partial charge in [-0.25, -0.2) is 0 Å². The SMILES string of the molecule is CCCC(O)CCCCCCCCCCCC(C)C. The smallest absolute Gasteiger partial charge is 0.0540 e. The number of aliphatic hydroxyl groups is 1. The first-order valence-corrected chi connectivity index (χ1v) is 8.84. The van der Waals surface area contributed by atoms with Crippen molar-refractivity contribution in [3.05, 3.63) is 0 Å². The third-order valence-electron chi connectivity index (χ3n) is 3.94. The fraction of sp³-hybridized carbons (Fsp3) is 1.00. The van der Waals surface area contributed by atoms with Gasteiger partial charge in [-0.05, 0) is 18.8 Å². The van der Waals surface area contributed by atoms with E-state index in [1.165, 1.54) is 64.2 Å². The molecule has 1 nitrogen and oxygen atoms in total. The summed E-state index contributed by atoms with van der Waals surface area (Å²) in [7, 11) is 0. The van der Waals surface area contributed by atoms with Gasteiger partial charge in [-0.2, -0.15) is 0 Å². The third kappa shape index (κ3) is 15.9. The second kappa shape index (κ2) is 14.4. The Bertz CT molecular complexity index is 165. The van der Waals surface area contributed by atoms with E-state index in [4.69, 9.17) is 0 Å². The predicted molar refractivity (Wildman–Crippen MR) is 86.5 cm³/mol. The van der Waals surface area contributed by atoms with Crippen molar-refractivity contribution >= 4 is 0 Å². The zero-order chi connectivity index (χ0) is 14.3. The normalized spacial score (nSPS) is 13.1. The van der Waals surface area contributed by atoms with E-state index in [0.29, 0.717) is 0 Å². The molecule has 0 spiro atoms. The highest BCUT2D eigenvalue weighted by Gasteiger charge is 2.01. The van der Waals surface area contributed by atoms with Crippen molar-refractivity contribution in [2.24, 2.45) is 5.92 Å². The first-order valence-electron chi connectivity index (χ1n) is 8.84. The van der Waals surface area contributed by atoms with Crippen LogP contribution in [0.4, 0.5) is 0 Å². The molecule has 1 heteroatoms. The number of aliphatic hydroxyl groups excluding tert-OH is 1. The molecule has 0 heterocycles. The summed E-state index contributed by atoms with van der Waals surface area (Å²) in [4.78, 5) is 0. The summed E-state index contributed by atoms with van der Waals surface area (Å²) < 4.78 is 0. The topological polar surface area (TPSA) is 20.2 Å². The molecule has 0 rings (SSSR count). The average Bonchev–Trinajstić information content (AvgIpc) is 2.36. The molecule has 116 valence electrons. The van der Waals surface area contributed by atoms with Gasteiger partial charge in [0.15, 0.2) is 0 Å². The van der Waals surface area contributed by atoms with Crippen LogP contribution in [0.15, 0.2) is 0 Å². The molecule has 0 saturated carbocycles. The van der Waals surface area contributed by atoms with Crippen molar-refractivity contribution in [3.63, 3.8) is 0 Å². The minimum atomic E-state index is -0.0362. The van der Waals surface area contributed by atoms with E-state index >= 15 is 0 Å². The number of hydrogen-bond acceptors (Lipinski definition) is 1. The zero-order valence-corrected chi connectivity index (χ0v) is 13.8. The zero-order valence-electron chi connectivity index (χ0n) is 13.8. The Morgan fingerprint density at radius 2 is 1.05 bits per heavy atom. The van der Waals surface area contributed by atoms with Gasteiger partial charge in [0.1, 0.15) is 0 Å². The molecule has 1 atom stereocenters. The van der Waals surface area contributed by atoms with Gasteiger partial charge in [0.2, 0.25) is 0 Å². The fourth-order valence-corrected chi connectivity index (χ4v) is 2.65. The van der Waals surface area contributed by atoms with E-state index in [9.17, 15) is 5.11 Å². The van der Waals surface area contributed by atoms with Gasteiger partial charge in [0.25, 0.3) is 0 Å². The Morgan fingerprint density at radius 3 is 1.47 bits per heavy atom. The van der Waals surface area contributed by atoms with Crippen LogP contribution in [-0.2, 0) is 0 Å². The van der Waals surface area contributed by atoms with E-state index in [0.717, 1.165) is 25.2 Å².